The van der Waals surface area contributed by atoms with Gasteiger partial charge in [-0.05, 0) is 34.0 Å². The zero-order valence-corrected chi connectivity index (χ0v) is 29.7. The first-order valence-electron chi connectivity index (χ1n) is 18.0. The predicted octanol–water partition coefficient (Wildman–Crippen LogP) is 13.6. The molecule has 54 heavy (non-hydrogen) atoms. The Hall–Kier alpha value is -6.95. The Morgan fingerprint density at radius 1 is 0.352 bits per heavy atom. The molecule has 0 spiro atoms. The van der Waals surface area contributed by atoms with Gasteiger partial charge in [0, 0.05) is 58.8 Å². The maximum absolute atomic E-state index is 6.63. The van der Waals surface area contributed by atoms with Crippen LogP contribution in [0.1, 0.15) is 0 Å². The molecule has 0 amide bonds. The summed E-state index contributed by atoms with van der Waals surface area (Å²) in [6, 6.07) is 61.3. The number of para-hydroxylation sites is 1. The van der Waals surface area contributed by atoms with Gasteiger partial charge >= 0.3 is 0 Å². The molecule has 0 saturated carbocycles. The summed E-state index contributed by atoms with van der Waals surface area (Å²) in [7, 11) is 0. The Kier molecular flexibility index (Phi) is 7.00. The third-order valence-corrected chi connectivity index (χ3v) is 11.6. The quantitative estimate of drug-likeness (QED) is 0.179. The van der Waals surface area contributed by atoms with Gasteiger partial charge in [-0.2, -0.15) is 0 Å². The molecule has 4 nitrogen and oxygen atoms in total. The first kappa shape index (κ1) is 30.7. The van der Waals surface area contributed by atoms with Gasteiger partial charge in [-0.1, -0.05) is 164 Å². The van der Waals surface area contributed by atoms with E-state index in [4.69, 9.17) is 19.4 Å². The Morgan fingerprint density at radius 3 is 1.67 bits per heavy atom. The normalized spacial score (nSPS) is 11.7. The highest BCUT2D eigenvalue weighted by molar-refractivity contribution is 7.26. The largest absolute Gasteiger partial charge is 0.455 e. The zero-order valence-electron chi connectivity index (χ0n) is 28.9. The van der Waals surface area contributed by atoms with E-state index in [2.05, 4.69) is 140 Å². The lowest BCUT2D eigenvalue weighted by Gasteiger charge is -2.10. The third-order valence-electron chi connectivity index (χ3n) is 10.4. The van der Waals surface area contributed by atoms with Gasteiger partial charge in [0.2, 0.25) is 0 Å². The smallest absolute Gasteiger partial charge is 0.165 e. The molecule has 3 aromatic heterocycles. The fourth-order valence-corrected chi connectivity index (χ4v) is 9.22. The summed E-state index contributed by atoms with van der Waals surface area (Å²) in [5.74, 6) is 1.87. The molecule has 8 aromatic carbocycles. The standard InChI is InChI=1S/C49H29N3OS/c1-3-14-31(15-4-1)34-21-10-26-39-43-40(27-13-29-42(43)53-44(34)39)48-50-47(32-17-5-2-6-18-32)51-49(52-48)41-28-12-25-38-37-24-11-23-36(45(37)54-46(38)41)35-22-9-19-30-16-7-8-20-33(30)35/h1-29H. The molecule has 252 valence electrons. The lowest BCUT2D eigenvalue weighted by Crippen LogP contribution is -2.00. The van der Waals surface area contributed by atoms with Crippen LogP contribution in [0, 0.1) is 0 Å². The fraction of sp³-hybridized carbons (Fsp3) is 0. The highest BCUT2D eigenvalue weighted by Gasteiger charge is 2.21. The number of benzene rings is 8. The molecule has 0 atom stereocenters. The van der Waals surface area contributed by atoms with Crippen LogP contribution in [0.25, 0.3) is 109 Å². The van der Waals surface area contributed by atoms with Crippen LogP contribution in [0.15, 0.2) is 180 Å². The Labute approximate surface area is 314 Å². The summed E-state index contributed by atoms with van der Waals surface area (Å²) in [4.78, 5) is 15.6. The minimum atomic E-state index is 0.604. The van der Waals surface area contributed by atoms with Crippen molar-refractivity contribution in [2.75, 3.05) is 0 Å². The molecule has 3 heterocycles. The zero-order chi connectivity index (χ0) is 35.6. The highest BCUT2D eigenvalue weighted by Crippen LogP contribution is 2.45. The van der Waals surface area contributed by atoms with Crippen molar-refractivity contribution >= 4 is 64.2 Å². The minimum Gasteiger partial charge on any atom is -0.455 e. The lowest BCUT2D eigenvalue weighted by atomic mass is 9.97. The van der Waals surface area contributed by atoms with Crippen molar-refractivity contribution in [1.29, 1.82) is 0 Å². The van der Waals surface area contributed by atoms with Crippen molar-refractivity contribution in [2.45, 2.75) is 0 Å². The molecule has 0 bridgehead atoms. The van der Waals surface area contributed by atoms with Gasteiger partial charge in [-0.3, -0.25) is 0 Å². The molecule has 5 heteroatoms. The predicted molar refractivity (Wildman–Crippen MR) is 225 cm³/mol. The number of fused-ring (bicyclic) bond motifs is 7. The molecule has 0 saturated heterocycles. The topological polar surface area (TPSA) is 51.8 Å². The number of thiophene rings is 1. The average molecular weight is 708 g/mol. The fourth-order valence-electron chi connectivity index (χ4n) is 7.88. The van der Waals surface area contributed by atoms with Gasteiger partial charge in [0.05, 0.1) is 0 Å². The summed E-state index contributed by atoms with van der Waals surface area (Å²) < 4.78 is 9.02. The summed E-state index contributed by atoms with van der Waals surface area (Å²) in [6.07, 6.45) is 0. The number of aromatic nitrogens is 3. The highest BCUT2D eigenvalue weighted by atomic mass is 32.1. The summed E-state index contributed by atoms with van der Waals surface area (Å²) in [5, 5.41) is 6.91. The average Bonchev–Trinajstić information content (AvgIpc) is 3.83. The van der Waals surface area contributed by atoms with Gasteiger partial charge in [-0.15, -0.1) is 11.3 Å². The first-order valence-corrected chi connectivity index (χ1v) is 18.8. The Bertz CT molecular complexity index is 3210. The van der Waals surface area contributed by atoms with E-state index < -0.39 is 0 Å². The molecular formula is C49H29N3OS. The van der Waals surface area contributed by atoms with Crippen LogP contribution in [0.3, 0.4) is 0 Å². The van der Waals surface area contributed by atoms with E-state index >= 15 is 0 Å². The van der Waals surface area contributed by atoms with Crippen LogP contribution >= 0.6 is 11.3 Å². The van der Waals surface area contributed by atoms with Crippen molar-refractivity contribution in [3.63, 3.8) is 0 Å². The second-order valence-electron chi connectivity index (χ2n) is 13.5. The number of hydrogen-bond donors (Lipinski definition) is 0. The second kappa shape index (κ2) is 12.3. The van der Waals surface area contributed by atoms with Gasteiger partial charge in [0.1, 0.15) is 11.2 Å². The van der Waals surface area contributed by atoms with Gasteiger partial charge < -0.3 is 4.42 Å². The molecule has 11 rings (SSSR count). The van der Waals surface area contributed by atoms with E-state index in [1.54, 1.807) is 11.3 Å². The number of furan rings is 1. The van der Waals surface area contributed by atoms with Crippen molar-refractivity contribution in [2.24, 2.45) is 0 Å². The van der Waals surface area contributed by atoms with Crippen LogP contribution in [-0.4, -0.2) is 15.0 Å². The van der Waals surface area contributed by atoms with E-state index in [-0.39, 0.29) is 0 Å². The third kappa shape index (κ3) is 4.86. The van der Waals surface area contributed by atoms with Crippen LogP contribution < -0.4 is 0 Å². The van der Waals surface area contributed by atoms with Crippen LogP contribution in [0.2, 0.25) is 0 Å². The molecular weight excluding hydrogens is 679 g/mol. The van der Waals surface area contributed by atoms with Crippen LogP contribution in [-0.2, 0) is 0 Å². The van der Waals surface area contributed by atoms with E-state index in [1.165, 1.54) is 37.4 Å². The maximum atomic E-state index is 6.63. The van der Waals surface area contributed by atoms with E-state index in [1.807, 2.05) is 36.4 Å². The van der Waals surface area contributed by atoms with Crippen molar-refractivity contribution in [3.8, 4) is 56.4 Å². The van der Waals surface area contributed by atoms with Gasteiger partial charge in [0.25, 0.3) is 0 Å². The van der Waals surface area contributed by atoms with Crippen LogP contribution in [0.5, 0.6) is 0 Å². The Morgan fingerprint density at radius 2 is 0.870 bits per heavy atom. The van der Waals surface area contributed by atoms with Crippen molar-refractivity contribution < 1.29 is 4.42 Å². The minimum absolute atomic E-state index is 0.604. The number of hydrogen-bond acceptors (Lipinski definition) is 5. The molecule has 0 unspecified atom stereocenters. The first-order chi connectivity index (χ1) is 26.8. The van der Waals surface area contributed by atoms with Crippen LogP contribution in [0.4, 0.5) is 0 Å². The lowest BCUT2D eigenvalue weighted by molar-refractivity contribution is 0.670. The molecule has 11 aromatic rings. The molecule has 0 aliphatic rings. The SMILES string of the molecule is c1ccc(-c2nc(-c3cccc4c3sc3c(-c5cccc6ccccc56)cccc34)nc(-c3cccc4oc5c(-c6ccccc6)cccc5c34)n2)cc1. The summed E-state index contributed by atoms with van der Waals surface area (Å²) in [5.41, 5.74) is 9.08. The number of nitrogens with zero attached hydrogens (tertiary/aromatic N) is 3. The van der Waals surface area contributed by atoms with Crippen molar-refractivity contribution in [3.05, 3.63) is 176 Å². The Balaban J connectivity index is 1.15. The second-order valence-corrected chi connectivity index (χ2v) is 14.5. The van der Waals surface area contributed by atoms with Gasteiger partial charge in [-0.25, -0.2) is 15.0 Å². The molecule has 0 fully saturated rings. The summed E-state index contributed by atoms with van der Waals surface area (Å²) >= 11 is 1.81. The molecule has 0 radical (unpaired) electrons. The van der Waals surface area contributed by atoms with Gasteiger partial charge in [0.15, 0.2) is 17.5 Å². The van der Waals surface area contributed by atoms with E-state index in [9.17, 15) is 0 Å². The van der Waals surface area contributed by atoms with E-state index in [0.717, 1.165) is 54.5 Å². The molecule has 0 aliphatic heterocycles. The van der Waals surface area contributed by atoms with E-state index in [0.29, 0.717) is 17.5 Å². The summed E-state index contributed by atoms with van der Waals surface area (Å²) in [6.45, 7) is 0. The van der Waals surface area contributed by atoms with Crippen molar-refractivity contribution in [1.82, 2.24) is 15.0 Å². The molecule has 0 aliphatic carbocycles. The number of rotatable bonds is 5. The monoisotopic (exact) mass is 707 g/mol. The molecule has 0 N–H and O–H groups in total. The maximum Gasteiger partial charge on any atom is 0.165 e.